The van der Waals surface area contributed by atoms with E-state index in [1.807, 2.05) is 22.7 Å². The van der Waals surface area contributed by atoms with Crippen molar-refractivity contribution in [1.29, 1.82) is 5.41 Å². The van der Waals surface area contributed by atoms with E-state index in [-0.39, 0.29) is 36.0 Å². The molecular weight excluding hydrogens is 506 g/mol. The molecule has 3 fully saturated rings. The SMILES string of the molecule is COC1(C2C=CC(c3cc4c(N5CCN(C(=O)C6CC(=N)C6)CC5)ccnn4c3)=NC2)CCN([C@@H](C)CO)CC1. The van der Waals surface area contributed by atoms with Crippen molar-refractivity contribution in [3.63, 3.8) is 0 Å². The molecule has 40 heavy (non-hydrogen) atoms. The molecule has 2 aromatic heterocycles. The van der Waals surface area contributed by atoms with Gasteiger partial charge >= 0.3 is 0 Å². The van der Waals surface area contributed by atoms with Gasteiger partial charge in [0.1, 0.15) is 0 Å². The summed E-state index contributed by atoms with van der Waals surface area (Å²) in [6.07, 6.45) is 11.4. The Balaban J connectivity index is 1.12. The van der Waals surface area contributed by atoms with Crippen LogP contribution < -0.4 is 4.90 Å². The number of aromatic nitrogens is 2. The maximum absolute atomic E-state index is 12.7. The first-order valence-electron chi connectivity index (χ1n) is 14.6. The van der Waals surface area contributed by atoms with Gasteiger partial charge in [-0.25, -0.2) is 4.52 Å². The lowest BCUT2D eigenvalue weighted by Gasteiger charge is -2.46. The summed E-state index contributed by atoms with van der Waals surface area (Å²) in [6.45, 7) is 7.77. The molecule has 10 heteroatoms. The largest absolute Gasteiger partial charge is 0.395 e. The Bertz CT molecular complexity index is 1310. The summed E-state index contributed by atoms with van der Waals surface area (Å²) in [5.41, 5.74) is 4.66. The second-order valence-corrected chi connectivity index (χ2v) is 11.8. The number of anilines is 1. The number of nitrogens with zero attached hydrogens (tertiary/aromatic N) is 6. The van der Waals surface area contributed by atoms with E-state index < -0.39 is 0 Å². The minimum Gasteiger partial charge on any atom is -0.395 e. The number of amides is 1. The summed E-state index contributed by atoms with van der Waals surface area (Å²) < 4.78 is 8.07. The van der Waals surface area contributed by atoms with Crippen LogP contribution in [-0.4, -0.2) is 113 Å². The Morgan fingerprint density at radius 2 is 1.95 bits per heavy atom. The van der Waals surface area contributed by atoms with Crippen LogP contribution >= 0.6 is 0 Å². The van der Waals surface area contributed by atoms with Crippen LogP contribution in [-0.2, 0) is 9.53 Å². The fourth-order valence-electron chi connectivity index (χ4n) is 6.77. The predicted molar refractivity (Wildman–Crippen MR) is 156 cm³/mol. The molecule has 2 N–H and O–H groups in total. The van der Waals surface area contributed by atoms with E-state index in [0.29, 0.717) is 38.2 Å². The first kappa shape index (κ1) is 27.1. The number of allylic oxidation sites excluding steroid dienone is 1. The van der Waals surface area contributed by atoms with E-state index in [0.717, 1.165) is 61.5 Å². The highest BCUT2D eigenvalue weighted by atomic mass is 16.5. The molecule has 1 aliphatic carbocycles. The zero-order chi connectivity index (χ0) is 27.9. The van der Waals surface area contributed by atoms with E-state index in [2.05, 4.69) is 52.3 Å². The standard InChI is InChI=1S/C30H41N7O3/c1-21(20-38)34-9-6-30(40-2,7-10-34)24-3-4-26(32-18-24)23-17-28-27(5-8-33-37(28)19-23)35-11-13-36(14-12-35)29(39)22-15-25(31)16-22/h3-5,8,17,19,21-22,24,31,38H,6-7,9-16,18,20H2,1-2H3/t21-,22?,24?/m0/s1. The van der Waals surface area contributed by atoms with Gasteiger partial charge in [0, 0.05) is 94.5 Å². The van der Waals surface area contributed by atoms with Gasteiger partial charge in [0.15, 0.2) is 0 Å². The summed E-state index contributed by atoms with van der Waals surface area (Å²) in [7, 11) is 1.82. The van der Waals surface area contributed by atoms with Crippen LogP contribution in [0.2, 0.25) is 0 Å². The number of aliphatic hydroxyl groups is 1. The van der Waals surface area contributed by atoms with E-state index in [1.54, 1.807) is 0 Å². The highest BCUT2D eigenvalue weighted by Crippen LogP contribution is 2.37. The van der Waals surface area contributed by atoms with E-state index in [4.69, 9.17) is 15.1 Å². The third-order valence-electron chi connectivity index (χ3n) is 9.61. The Morgan fingerprint density at radius 1 is 1.20 bits per heavy atom. The van der Waals surface area contributed by atoms with Gasteiger partial charge in [-0.3, -0.25) is 14.7 Å². The Kier molecular flexibility index (Phi) is 7.50. The van der Waals surface area contributed by atoms with Crippen molar-refractivity contribution in [3.05, 3.63) is 42.2 Å². The number of hydrogen-bond donors (Lipinski definition) is 2. The number of aliphatic hydroxyl groups excluding tert-OH is 1. The number of rotatable bonds is 7. The minimum atomic E-state index is -0.221. The van der Waals surface area contributed by atoms with Crippen LogP contribution in [0.3, 0.4) is 0 Å². The second kappa shape index (κ2) is 11.1. The molecule has 0 radical (unpaired) electrons. The summed E-state index contributed by atoms with van der Waals surface area (Å²) in [5.74, 6) is 0.454. The molecule has 2 saturated heterocycles. The number of likely N-dealkylation sites (tertiary alicyclic amines) is 1. The van der Waals surface area contributed by atoms with Crippen LogP contribution in [0.5, 0.6) is 0 Å². The molecule has 0 bridgehead atoms. The summed E-state index contributed by atoms with van der Waals surface area (Å²) in [6, 6.07) is 4.41. The van der Waals surface area contributed by atoms with Crippen molar-refractivity contribution < 1.29 is 14.6 Å². The van der Waals surface area contributed by atoms with Crippen molar-refractivity contribution in [3.8, 4) is 0 Å². The highest BCUT2D eigenvalue weighted by Gasteiger charge is 2.42. The first-order chi connectivity index (χ1) is 19.4. The number of nitrogens with one attached hydrogen (secondary N) is 1. The predicted octanol–water partition coefficient (Wildman–Crippen LogP) is 2.25. The van der Waals surface area contributed by atoms with Crippen LogP contribution in [0.1, 0.15) is 38.2 Å². The lowest BCUT2D eigenvalue weighted by Crippen LogP contribution is -2.53. The molecule has 6 rings (SSSR count). The molecule has 2 aromatic rings. The van der Waals surface area contributed by atoms with Gasteiger partial charge in [-0.1, -0.05) is 6.08 Å². The lowest BCUT2D eigenvalue weighted by molar-refractivity contribution is -0.136. The molecule has 10 nitrogen and oxygen atoms in total. The molecule has 5 heterocycles. The molecule has 214 valence electrons. The van der Waals surface area contributed by atoms with Gasteiger partial charge in [-0.2, -0.15) is 5.10 Å². The van der Waals surface area contributed by atoms with Crippen LogP contribution in [0.15, 0.2) is 41.7 Å². The highest BCUT2D eigenvalue weighted by molar-refractivity contribution is 6.10. The summed E-state index contributed by atoms with van der Waals surface area (Å²) in [4.78, 5) is 24.4. The molecule has 0 spiro atoms. The fourth-order valence-corrected chi connectivity index (χ4v) is 6.77. The second-order valence-electron chi connectivity index (χ2n) is 11.8. The topological polar surface area (TPSA) is 110 Å². The molecule has 0 aromatic carbocycles. The zero-order valence-corrected chi connectivity index (χ0v) is 23.6. The number of dihydropyridines is 1. The monoisotopic (exact) mass is 547 g/mol. The average Bonchev–Trinajstić information content (AvgIpc) is 3.44. The van der Waals surface area contributed by atoms with Gasteiger partial charge in [-0.15, -0.1) is 0 Å². The van der Waals surface area contributed by atoms with Crippen LogP contribution in [0.25, 0.3) is 5.52 Å². The zero-order valence-electron chi connectivity index (χ0n) is 23.6. The number of piperidine rings is 1. The molecule has 1 amide bonds. The van der Waals surface area contributed by atoms with Crippen LogP contribution in [0, 0.1) is 17.2 Å². The molecule has 3 aliphatic heterocycles. The Morgan fingerprint density at radius 3 is 2.58 bits per heavy atom. The van der Waals surface area contributed by atoms with E-state index >= 15 is 0 Å². The molecular formula is C30H41N7O3. The van der Waals surface area contributed by atoms with Crippen molar-refractivity contribution in [2.75, 3.05) is 64.4 Å². The third kappa shape index (κ3) is 4.97. The third-order valence-corrected chi connectivity index (χ3v) is 9.61. The van der Waals surface area contributed by atoms with E-state index in [9.17, 15) is 9.90 Å². The number of carbonyl (C=O) groups is 1. The molecule has 2 atom stereocenters. The lowest BCUT2D eigenvalue weighted by atomic mass is 9.77. The number of fused-ring (bicyclic) bond motifs is 1. The Labute approximate surface area is 235 Å². The maximum atomic E-state index is 12.7. The van der Waals surface area contributed by atoms with Crippen molar-refractivity contribution in [2.45, 2.75) is 44.2 Å². The number of methoxy groups -OCH3 is 1. The number of ether oxygens (including phenoxy) is 1. The number of aliphatic imine (C=N–C) groups is 1. The maximum Gasteiger partial charge on any atom is 0.226 e. The fraction of sp³-hybridized carbons (Fsp3) is 0.600. The molecule has 1 unspecified atom stereocenters. The minimum absolute atomic E-state index is 0.0188. The number of carbonyl (C=O) groups excluding carboxylic acids is 1. The Hall–Kier alpha value is -3.08. The summed E-state index contributed by atoms with van der Waals surface area (Å²) in [5, 5.41) is 21.8. The first-order valence-corrected chi connectivity index (χ1v) is 14.6. The van der Waals surface area contributed by atoms with Gasteiger partial charge in [0.2, 0.25) is 5.91 Å². The van der Waals surface area contributed by atoms with Crippen LogP contribution in [0.4, 0.5) is 5.69 Å². The van der Waals surface area contributed by atoms with Gasteiger partial charge < -0.3 is 25.1 Å². The smallest absolute Gasteiger partial charge is 0.226 e. The van der Waals surface area contributed by atoms with Crippen molar-refractivity contribution in [2.24, 2.45) is 16.8 Å². The molecule has 1 saturated carbocycles. The van der Waals surface area contributed by atoms with Crippen molar-refractivity contribution in [1.82, 2.24) is 19.4 Å². The van der Waals surface area contributed by atoms with Gasteiger partial charge in [0.25, 0.3) is 0 Å². The average molecular weight is 548 g/mol. The normalized spacial score (nSPS) is 26.1. The van der Waals surface area contributed by atoms with Crippen molar-refractivity contribution >= 4 is 28.5 Å². The summed E-state index contributed by atoms with van der Waals surface area (Å²) >= 11 is 0. The van der Waals surface area contributed by atoms with Gasteiger partial charge in [0.05, 0.1) is 29.1 Å². The van der Waals surface area contributed by atoms with E-state index in [1.165, 1.54) is 0 Å². The quantitative estimate of drug-likeness (QED) is 0.550. The number of hydrogen-bond acceptors (Lipinski definition) is 8. The molecule has 4 aliphatic rings. The number of piperazine rings is 1. The van der Waals surface area contributed by atoms with Gasteiger partial charge in [-0.05, 0) is 50.8 Å².